The molecule has 0 atom stereocenters. The predicted octanol–water partition coefficient (Wildman–Crippen LogP) is -0.404. The second kappa shape index (κ2) is 1.40. The Kier molecular flexibility index (Phi) is 0.685. The van der Waals surface area contributed by atoms with Crippen molar-refractivity contribution in [2.45, 2.75) is 6.42 Å². The summed E-state index contributed by atoms with van der Waals surface area (Å²) in [6.07, 6.45) is 0.322. The SMILES string of the molecule is O=C=C1Cc2c(c2=O)-c2c1c2=O. The Balaban J connectivity index is 2.37. The van der Waals surface area contributed by atoms with Gasteiger partial charge in [-0.05, 0) is 0 Å². The first-order valence-electron chi connectivity index (χ1n) is 3.57. The van der Waals surface area contributed by atoms with Gasteiger partial charge in [0.1, 0.15) is 5.94 Å². The van der Waals surface area contributed by atoms with Crippen LogP contribution in [0.5, 0.6) is 0 Å². The van der Waals surface area contributed by atoms with Crippen LogP contribution >= 0.6 is 0 Å². The highest BCUT2D eigenvalue weighted by Crippen LogP contribution is 2.41. The number of fused-ring (bicyclic) bond motifs is 3. The fourth-order valence-electron chi connectivity index (χ4n) is 1.69. The summed E-state index contributed by atoms with van der Waals surface area (Å²) in [6, 6.07) is 0. The summed E-state index contributed by atoms with van der Waals surface area (Å²) in [6.45, 7) is 0. The first-order valence-corrected chi connectivity index (χ1v) is 3.57. The topological polar surface area (TPSA) is 51.2 Å². The van der Waals surface area contributed by atoms with Crippen molar-refractivity contribution in [1.29, 1.82) is 0 Å². The van der Waals surface area contributed by atoms with Crippen LogP contribution in [0.2, 0.25) is 0 Å². The summed E-state index contributed by atoms with van der Waals surface area (Å²) < 4.78 is 0. The van der Waals surface area contributed by atoms with E-state index < -0.39 is 0 Å². The van der Waals surface area contributed by atoms with Crippen molar-refractivity contribution in [3.8, 4) is 11.1 Å². The highest BCUT2D eigenvalue weighted by atomic mass is 16.1. The van der Waals surface area contributed by atoms with Crippen molar-refractivity contribution in [3.63, 3.8) is 0 Å². The van der Waals surface area contributed by atoms with E-state index in [4.69, 9.17) is 0 Å². The van der Waals surface area contributed by atoms with E-state index in [0.717, 1.165) is 0 Å². The van der Waals surface area contributed by atoms with Crippen LogP contribution in [-0.2, 0) is 11.2 Å². The minimum Gasteiger partial charge on any atom is -0.289 e. The van der Waals surface area contributed by atoms with Crippen LogP contribution in [0.15, 0.2) is 9.59 Å². The standard InChI is InChI=1S/C9H2O3/c10-2-3-1-4-6(8(4)11)7-5(3)9(7)12/h1H2. The Morgan fingerprint density at radius 3 is 2.42 bits per heavy atom. The second-order valence-electron chi connectivity index (χ2n) is 3.02. The third kappa shape index (κ3) is 0.420. The van der Waals surface area contributed by atoms with E-state index in [1.54, 1.807) is 5.94 Å². The molecule has 0 aliphatic heterocycles. The molecule has 2 aromatic carbocycles. The Morgan fingerprint density at radius 1 is 1.00 bits per heavy atom. The van der Waals surface area contributed by atoms with Crippen LogP contribution in [-0.4, -0.2) is 5.94 Å². The first kappa shape index (κ1) is 5.86. The molecule has 3 heteroatoms. The van der Waals surface area contributed by atoms with E-state index in [-0.39, 0.29) is 10.9 Å². The molecule has 0 aromatic heterocycles. The predicted molar refractivity (Wildman–Crippen MR) is 42.0 cm³/mol. The summed E-state index contributed by atoms with van der Waals surface area (Å²) >= 11 is 0. The third-order valence-electron chi connectivity index (χ3n) is 2.41. The molecule has 1 aliphatic carbocycles. The summed E-state index contributed by atoms with van der Waals surface area (Å²) in [7, 11) is 0. The zero-order chi connectivity index (χ0) is 8.46. The zero-order valence-corrected chi connectivity index (χ0v) is 5.93. The monoisotopic (exact) mass is 158 g/mol. The van der Waals surface area contributed by atoms with Gasteiger partial charge in [-0.3, -0.25) is 9.59 Å². The van der Waals surface area contributed by atoms with Gasteiger partial charge in [-0.2, -0.15) is 0 Å². The number of allylic oxidation sites excluding steroid dienone is 1. The number of hydrogen-bond acceptors (Lipinski definition) is 3. The molecule has 0 saturated carbocycles. The van der Waals surface area contributed by atoms with Crippen LogP contribution in [0.4, 0.5) is 0 Å². The minimum atomic E-state index is -0.135. The van der Waals surface area contributed by atoms with Crippen molar-refractivity contribution < 1.29 is 4.79 Å². The van der Waals surface area contributed by atoms with E-state index in [1.165, 1.54) is 0 Å². The van der Waals surface area contributed by atoms with E-state index in [1.807, 2.05) is 0 Å². The molecule has 0 saturated heterocycles. The molecule has 56 valence electrons. The van der Waals surface area contributed by atoms with E-state index in [9.17, 15) is 14.4 Å². The summed E-state index contributed by atoms with van der Waals surface area (Å²) in [5.74, 6) is 1.70. The molecule has 1 aliphatic rings. The Bertz CT molecular complexity index is 577. The molecule has 0 amide bonds. The molecule has 12 heavy (non-hydrogen) atoms. The van der Waals surface area contributed by atoms with E-state index >= 15 is 0 Å². The quantitative estimate of drug-likeness (QED) is 0.490. The van der Waals surface area contributed by atoms with Gasteiger partial charge in [0.2, 0.25) is 0 Å². The van der Waals surface area contributed by atoms with Gasteiger partial charge in [0, 0.05) is 28.7 Å². The molecular weight excluding hydrogens is 156 g/mol. The van der Waals surface area contributed by atoms with Gasteiger partial charge >= 0.3 is 0 Å². The molecule has 0 heterocycles. The maximum atomic E-state index is 11.0. The van der Waals surface area contributed by atoms with Crippen LogP contribution < -0.4 is 10.9 Å². The Labute approximate surface area is 66.3 Å². The summed E-state index contributed by atoms with van der Waals surface area (Å²) in [5.41, 5.74) is 2.34. The summed E-state index contributed by atoms with van der Waals surface area (Å²) in [5, 5.41) is 0. The lowest BCUT2D eigenvalue weighted by Crippen LogP contribution is -1.89. The van der Waals surface area contributed by atoms with Gasteiger partial charge in [0.05, 0.1) is 5.57 Å². The van der Waals surface area contributed by atoms with Crippen molar-refractivity contribution >= 4 is 11.5 Å². The molecule has 0 N–H and O–H groups in total. The average molecular weight is 158 g/mol. The molecule has 3 nitrogen and oxygen atoms in total. The van der Waals surface area contributed by atoms with Crippen molar-refractivity contribution in [2.24, 2.45) is 0 Å². The number of rotatable bonds is 0. The lowest BCUT2D eigenvalue weighted by Gasteiger charge is -1.92. The van der Waals surface area contributed by atoms with Gasteiger partial charge in [0.25, 0.3) is 0 Å². The average Bonchev–Trinajstić information content (AvgIpc) is 2.91. The fraction of sp³-hybridized carbons (Fsp3) is 0.111. The molecule has 0 spiro atoms. The lowest BCUT2D eigenvalue weighted by molar-refractivity contribution is 0.569. The lowest BCUT2D eigenvalue weighted by atomic mass is 10.1. The highest BCUT2D eigenvalue weighted by Gasteiger charge is 2.42. The molecule has 3 rings (SSSR count). The number of carbonyl (C=O) groups excluding carboxylic acids is 1. The van der Waals surface area contributed by atoms with Crippen LogP contribution in [0.1, 0.15) is 11.1 Å². The van der Waals surface area contributed by atoms with Gasteiger partial charge in [-0.1, -0.05) is 0 Å². The molecule has 0 unspecified atom stereocenters. The maximum absolute atomic E-state index is 11.0. The van der Waals surface area contributed by atoms with E-state index in [0.29, 0.717) is 34.2 Å². The van der Waals surface area contributed by atoms with Crippen LogP contribution in [0.3, 0.4) is 0 Å². The molecular formula is C9H2O3. The molecule has 0 radical (unpaired) electrons. The molecule has 0 fully saturated rings. The fourth-order valence-corrected chi connectivity index (χ4v) is 1.69. The third-order valence-corrected chi connectivity index (χ3v) is 2.41. The molecule has 2 aromatic rings. The second-order valence-corrected chi connectivity index (χ2v) is 3.02. The first-order chi connectivity index (χ1) is 5.75. The molecule has 0 bridgehead atoms. The van der Waals surface area contributed by atoms with Crippen molar-refractivity contribution in [3.05, 3.63) is 31.6 Å². The van der Waals surface area contributed by atoms with Gasteiger partial charge < -0.3 is 0 Å². The summed E-state index contributed by atoms with van der Waals surface area (Å²) in [4.78, 5) is 32.3. The van der Waals surface area contributed by atoms with Crippen LogP contribution in [0, 0.1) is 0 Å². The van der Waals surface area contributed by atoms with E-state index in [2.05, 4.69) is 0 Å². The largest absolute Gasteiger partial charge is 0.289 e. The zero-order valence-electron chi connectivity index (χ0n) is 5.93. The van der Waals surface area contributed by atoms with Gasteiger partial charge in [-0.15, -0.1) is 0 Å². The van der Waals surface area contributed by atoms with Gasteiger partial charge in [0.15, 0.2) is 10.9 Å². The maximum Gasteiger partial charge on any atom is 0.196 e. The Morgan fingerprint density at radius 2 is 1.75 bits per heavy atom. The van der Waals surface area contributed by atoms with Crippen molar-refractivity contribution in [1.82, 2.24) is 0 Å². The normalized spacial score (nSPS) is 14.8. The number of hydrogen-bond donors (Lipinski definition) is 0. The minimum absolute atomic E-state index is 0.0430. The Hall–Kier alpha value is -1.73. The smallest absolute Gasteiger partial charge is 0.196 e. The highest BCUT2D eigenvalue weighted by molar-refractivity contribution is 6.06. The van der Waals surface area contributed by atoms with Gasteiger partial charge in [-0.25, -0.2) is 4.79 Å². The van der Waals surface area contributed by atoms with Crippen LogP contribution in [0.25, 0.3) is 16.7 Å². The van der Waals surface area contributed by atoms with Crippen molar-refractivity contribution in [2.75, 3.05) is 0 Å².